The highest BCUT2D eigenvalue weighted by Crippen LogP contribution is 2.35. The molecule has 5 heteroatoms. The summed E-state index contributed by atoms with van der Waals surface area (Å²) < 4.78 is 28.5. The van der Waals surface area contributed by atoms with Crippen LogP contribution < -0.4 is 10.1 Å². The number of para-hydroxylation sites is 1. The van der Waals surface area contributed by atoms with Crippen LogP contribution in [0.1, 0.15) is 18.0 Å². The Morgan fingerprint density at radius 2 is 2.11 bits per heavy atom. The molecule has 18 heavy (non-hydrogen) atoms. The van der Waals surface area contributed by atoms with Crippen LogP contribution in [0.25, 0.3) is 0 Å². The average Bonchev–Trinajstić information content (AvgIpc) is 2.71. The first kappa shape index (κ1) is 13.4. The number of rotatable bonds is 4. The highest BCUT2D eigenvalue weighted by atomic mass is 32.2. The normalized spacial score (nSPS) is 23.8. The lowest BCUT2D eigenvalue weighted by Crippen LogP contribution is -2.26. The Morgan fingerprint density at radius 3 is 2.67 bits per heavy atom. The molecule has 1 aliphatic rings. The van der Waals surface area contributed by atoms with Gasteiger partial charge in [0.25, 0.3) is 0 Å². The molecule has 1 aromatic carbocycles. The predicted octanol–water partition coefficient (Wildman–Crippen LogP) is 1.39. The Hall–Kier alpha value is -1.07. The van der Waals surface area contributed by atoms with Gasteiger partial charge in [-0.25, -0.2) is 8.42 Å². The summed E-state index contributed by atoms with van der Waals surface area (Å²) in [5.41, 5.74) is 1.03. The van der Waals surface area contributed by atoms with Gasteiger partial charge in [-0.2, -0.15) is 0 Å². The summed E-state index contributed by atoms with van der Waals surface area (Å²) in [5.74, 6) is 1.49. The van der Waals surface area contributed by atoms with Crippen LogP contribution in [-0.4, -0.2) is 34.1 Å². The van der Waals surface area contributed by atoms with Gasteiger partial charge in [-0.1, -0.05) is 18.2 Å². The van der Waals surface area contributed by atoms with Crippen LogP contribution in [0.5, 0.6) is 5.75 Å². The van der Waals surface area contributed by atoms with Crippen molar-refractivity contribution in [2.75, 3.05) is 25.7 Å². The van der Waals surface area contributed by atoms with Crippen molar-refractivity contribution in [1.82, 2.24) is 5.32 Å². The second-order valence-electron chi connectivity index (χ2n) is 4.67. The molecule has 2 atom stereocenters. The van der Waals surface area contributed by atoms with Gasteiger partial charge in [-0.05, 0) is 25.5 Å². The Morgan fingerprint density at radius 1 is 1.39 bits per heavy atom. The quantitative estimate of drug-likeness (QED) is 0.897. The van der Waals surface area contributed by atoms with Gasteiger partial charge in [0.05, 0.1) is 18.6 Å². The van der Waals surface area contributed by atoms with E-state index in [1.807, 2.05) is 31.3 Å². The molecule has 0 saturated carbocycles. The highest BCUT2D eigenvalue weighted by molar-refractivity contribution is 7.91. The van der Waals surface area contributed by atoms with Crippen LogP contribution in [-0.2, 0) is 9.84 Å². The Kier molecular flexibility index (Phi) is 3.92. The second kappa shape index (κ2) is 5.28. The average molecular weight is 269 g/mol. The van der Waals surface area contributed by atoms with Gasteiger partial charge in [0.1, 0.15) is 5.75 Å². The summed E-state index contributed by atoms with van der Waals surface area (Å²) in [4.78, 5) is 0. The number of hydrogen-bond acceptors (Lipinski definition) is 4. The molecule has 0 aliphatic carbocycles. The lowest BCUT2D eigenvalue weighted by molar-refractivity contribution is 0.373. The minimum absolute atomic E-state index is 0.0263. The Bertz CT molecular complexity index is 513. The van der Waals surface area contributed by atoms with Crippen molar-refractivity contribution in [1.29, 1.82) is 0 Å². The van der Waals surface area contributed by atoms with E-state index in [1.54, 1.807) is 7.11 Å². The molecule has 1 fully saturated rings. The van der Waals surface area contributed by atoms with E-state index in [2.05, 4.69) is 5.32 Å². The molecule has 1 saturated heterocycles. The summed E-state index contributed by atoms with van der Waals surface area (Å²) in [6, 6.07) is 7.79. The molecular weight excluding hydrogens is 250 g/mol. The maximum atomic E-state index is 11.6. The minimum Gasteiger partial charge on any atom is -0.496 e. The molecule has 0 amide bonds. The van der Waals surface area contributed by atoms with Crippen molar-refractivity contribution >= 4 is 9.84 Å². The molecule has 4 nitrogen and oxygen atoms in total. The lowest BCUT2D eigenvalue weighted by atomic mass is 9.92. The molecule has 0 bridgehead atoms. The largest absolute Gasteiger partial charge is 0.496 e. The molecule has 1 N–H and O–H groups in total. The number of sulfone groups is 1. The van der Waals surface area contributed by atoms with Gasteiger partial charge in [-0.3, -0.25) is 0 Å². The van der Waals surface area contributed by atoms with Crippen molar-refractivity contribution in [3.05, 3.63) is 29.8 Å². The van der Waals surface area contributed by atoms with Crippen LogP contribution in [0.4, 0.5) is 0 Å². The number of nitrogens with one attached hydrogen (secondary N) is 1. The van der Waals surface area contributed by atoms with Gasteiger partial charge in [-0.15, -0.1) is 0 Å². The standard InChI is InChI=1S/C13H19NO3S/c1-14-13(10-7-8-18(15,16)9-10)11-5-3-4-6-12(11)17-2/h3-6,10,13-14H,7-9H2,1-2H3. The number of ether oxygens (including phenoxy) is 1. The number of methoxy groups -OCH3 is 1. The SMILES string of the molecule is CNC(c1ccccc1OC)C1CCS(=O)(=O)C1. The van der Waals surface area contributed by atoms with Crippen molar-refractivity contribution < 1.29 is 13.2 Å². The Labute approximate surface area is 108 Å². The van der Waals surface area contributed by atoms with E-state index in [9.17, 15) is 8.42 Å². The first-order valence-corrected chi connectivity index (χ1v) is 7.90. The highest BCUT2D eigenvalue weighted by Gasteiger charge is 2.34. The minimum atomic E-state index is -2.86. The first-order valence-electron chi connectivity index (χ1n) is 6.08. The molecule has 0 aromatic heterocycles. The van der Waals surface area contributed by atoms with E-state index in [0.29, 0.717) is 12.2 Å². The molecular formula is C13H19NO3S. The summed E-state index contributed by atoms with van der Waals surface area (Å²) in [7, 11) is 0.640. The van der Waals surface area contributed by atoms with Crippen LogP contribution in [0.3, 0.4) is 0 Å². The van der Waals surface area contributed by atoms with E-state index in [-0.39, 0.29) is 17.7 Å². The van der Waals surface area contributed by atoms with E-state index in [0.717, 1.165) is 11.3 Å². The zero-order valence-corrected chi connectivity index (χ0v) is 11.5. The van der Waals surface area contributed by atoms with Crippen LogP contribution in [0.2, 0.25) is 0 Å². The van der Waals surface area contributed by atoms with Crippen molar-refractivity contribution in [2.24, 2.45) is 5.92 Å². The third-order valence-corrected chi connectivity index (χ3v) is 5.32. The van der Waals surface area contributed by atoms with Gasteiger partial charge in [0, 0.05) is 11.6 Å². The molecule has 1 heterocycles. The van der Waals surface area contributed by atoms with Crippen LogP contribution in [0, 0.1) is 5.92 Å². The third kappa shape index (κ3) is 2.67. The van der Waals surface area contributed by atoms with Gasteiger partial charge < -0.3 is 10.1 Å². The topological polar surface area (TPSA) is 55.4 Å². The van der Waals surface area contributed by atoms with E-state index < -0.39 is 9.84 Å². The summed E-state index contributed by atoms with van der Waals surface area (Å²) in [6.07, 6.45) is 0.714. The van der Waals surface area contributed by atoms with Gasteiger partial charge in [0.2, 0.25) is 0 Å². The molecule has 0 radical (unpaired) electrons. The smallest absolute Gasteiger partial charge is 0.150 e. The Balaban J connectivity index is 2.29. The van der Waals surface area contributed by atoms with E-state index >= 15 is 0 Å². The molecule has 0 spiro atoms. The zero-order chi connectivity index (χ0) is 13.2. The van der Waals surface area contributed by atoms with Crippen molar-refractivity contribution in [3.8, 4) is 5.75 Å². The fourth-order valence-electron chi connectivity index (χ4n) is 2.66. The van der Waals surface area contributed by atoms with Crippen LogP contribution >= 0.6 is 0 Å². The lowest BCUT2D eigenvalue weighted by Gasteiger charge is -2.24. The monoisotopic (exact) mass is 269 g/mol. The van der Waals surface area contributed by atoms with Crippen molar-refractivity contribution in [3.63, 3.8) is 0 Å². The molecule has 2 unspecified atom stereocenters. The van der Waals surface area contributed by atoms with Crippen LogP contribution in [0.15, 0.2) is 24.3 Å². The van der Waals surface area contributed by atoms with Gasteiger partial charge in [0.15, 0.2) is 9.84 Å². The maximum Gasteiger partial charge on any atom is 0.150 e. The summed E-state index contributed by atoms with van der Waals surface area (Å²) in [6.45, 7) is 0. The van der Waals surface area contributed by atoms with E-state index in [1.165, 1.54) is 0 Å². The molecule has 100 valence electrons. The fraction of sp³-hybridized carbons (Fsp3) is 0.538. The third-order valence-electron chi connectivity index (χ3n) is 3.52. The molecule has 2 rings (SSSR count). The maximum absolute atomic E-state index is 11.6. The molecule has 1 aliphatic heterocycles. The zero-order valence-electron chi connectivity index (χ0n) is 10.7. The second-order valence-corrected chi connectivity index (χ2v) is 6.90. The van der Waals surface area contributed by atoms with Crippen molar-refractivity contribution in [2.45, 2.75) is 12.5 Å². The molecule has 1 aromatic rings. The fourth-order valence-corrected chi connectivity index (χ4v) is 4.50. The number of benzene rings is 1. The predicted molar refractivity (Wildman–Crippen MR) is 71.6 cm³/mol. The number of hydrogen-bond donors (Lipinski definition) is 1. The summed E-state index contributed by atoms with van der Waals surface area (Å²) >= 11 is 0. The summed E-state index contributed by atoms with van der Waals surface area (Å²) in [5, 5.41) is 3.23. The first-order chi connectivity index (χ1) is 8.57. The van der Waals surface area contributed by atoms with Gasteiger partial charge >= 0.3 is 0 Å². The van der Waals surface area contributed by atoms with E-state index in [4.69, 9.17) is 4.74 Å².